The summed E-state index contributed by atoms with van der Waals surface area (Å²) in [6, 6.07) is 4.06. The van der Waals surface area contributed by atoms with Gasteiger partial charge in [0.1, 0.15) is 6.04 Å². The number of halogens is 1. The smallest absolute Gasteiger partial charge is 0.310 e. The van der Waals surface area contributed by atoms with E-state index >= 15 is 0 Å². The molecule has 3 aliphatic heterocycles. The fourth-order valence-electron chi connectivity index (χ4n) is 6.99. The Morgan fingerprint density at radius 3 is 2.68 bits per heavy atom. The van der Waals surface area contributed by atoms with E-state index in [-0.39, 0.29) is 54.6 Å². The summed E-state index contributed by atoms with van der Waals surface area (Å²) in [6.45, 7) is 13.8. The lowest BCUT2D eigenvalue weighted by Gasteiger charge is -2.42. The fourth-order valence-corrected chi connectivity index (χ4v) is 9.71. The van der Waals surface area contributed by atoms with Gasteiger partial charge in [-0.25, -0.2) is 0 Å². The Balaban J connectivity index is 1.90. The summed E-state index contributed by atoms with van der Waals surface area (Å²) in [5.41, 5.74) is 1.42. The van der Waals surface area contributed by atoms with E-state index in [1.165, 1.54) is 0 Å². The number of aliphatic hydroxyl groups excluding tert-OH is 1. The highest BCUT2D eigenvalue weighted by Crippen LogP contribution is 2.69. The highest BCUT2D eigenvalue weighted by molar-refractivity contribution is 8.02. The zero-order valence-electron chi connectivity index (χ0n) is 22.9. The highest BCUT2D eigenvalue weighted by Gasteiger charge is 2.77. The predicted octanol–water partition coefficient (Wildman–Crippen LogP) is 4.47. The van der Waals surface area contributed by atoms with Crippen molar-refractivity contribution >= 4 is 46.8 Å². The molecule has 4 rings (SSSR count). The number of aryl methyl sites for hydroxylation is 1. The third kappa shape index (κ3) is 4.46. The summed E-state index contributed by atoms with van der Waals surface area (Å²) in [4.78, 5) is 45.6. The van der Waals surface area contributed by atoms with Crippen LogP contribution in [0.15, 0.2) is 30.9 Å². The van der Waals surface area contributed by atoms with Gasteiger partial charge in [0, 0.05) is 11.8 Å². The zero-order chi connectivity index (χ0) is 27.9. The number of rotatable bonds is 10. The Morgan fingerprint density at radius 2 is 2.11 bits per heavy atom. The molecule has 3 aliphatic rings. The first-order valence-corrected chi connectivity index (χ1v) is 14.8. The standard InChI is InChI=1S/C29H39ClN2O5S/c1-7-12-31(24-17(5)10-9-11-20(24)30)27(35)25-29-18(6)14-21(38-29)22(28(36)37-8-2)23(29)26(34)32(25)19(15-33)13-16(3)4/h7,9-11,16,18-19,21-23,25,33H,1,8,12-15H2,2-6H3/t18?,19-,21+,22-,23+,25?,29?/m1/s1. The Labute approximate surface area is 234 Å². The molecule has 1 aromatic rings. The molecule has 3 unspecified atom stereocenters. The van der Waals surface area contributed by atoms with E-state index in [0.29, 0.717) is 17.1 Å². The molecule has 208 valence electrons. The number of fused-ring (bicyclic) bond motifs is 1. The van der Waals surface area contributed by atoms with Crippen LogP contribution in [-0.2, 0) is 19.1 Å². The first kappa shape index (κ1) is 29.0. The molecule has 1 spiro atoms. The van der Waals surface area contributed by atoms with Gasteiger partial charge < -0.3 is 19.6 Å². The van der Waals surface area contributed by atoms with Crippen molar-refractivity contribution in [2.24, 2.45) is 23.7 Å². The van der Waals surface area contributed by atoms with E-state index in [4.69, 9.17) is 16.3 Å². The number of aliphatic hydroxyl groups is 1. The summed E-state index contributed by atoms with van der Waals surface area (Å²) in [5.74, 6) is -1.98. The van der Waals surface area contributed by atoms with Gasteiger partial charge in [-0.1, -0.05) is 50.6 Å². The van der Waals surface area contributed by atoms with E-state index in [0.717, 1.165) is 12.0 Å². The van der Waals surface area contributed by atoms with Gasteiger partial charge in [-0.05, 0) is 50.2 Å². The number of esters is 1. The molecule has 3 fully saturated rings. The van der Waals surface area contributed by atoms with Crippen molar-refractivity contribution in [1.82, 2.24) is 4.90 Å². The molecule has 0 aromatic heterocycles. The summed E-state index contributed by atoms with van der Waals surface area (Å²) >= 11 is 8.23. The number of thioether (sulfide) groups is 1. The van der Waals surface area contributed by atoms with Gasteiger partial charge in [-0.15, -0.1) is 18.3 Å². The lowest BCUT2D eigenvalue weighted by atomic mass is 9.66. The molecule has 7 atom stereocenters. The minimum absolute atomic E-state index is 0.00685. The number of carbonyl (C=O) groups is 3. The van der Waals surface area contributed by atoms with Crippen molar-refractivity contribution in [2.75, 3.05) is 24.7 Å². The Morgan fingerprint density at radius 1 is 1.39 bits per heavy atom. The molecule has 3 saturated heterocycles. The van der Waals surface area contributed by atoms with Gasteiger partial charge in [-0.2, -0.15) is 0 Å². The molecule has 0 saturated carbocycles. The Bertz CT molecular complexity index is 1090. The van der Waals surface area contributed by atoms with Gasteiger partial charge in [0.05, 0.1) is 46.5 Å². The molecular weight excluding hydrogens is 524 g/mol. The van der Waals surface area contributed by atoms with Gasteiger partial charge in [0.25, 0.3) is 5.91 Å². The molecule has 2 amide bonds. The lowest BCUT2D eigenvalue weighted by molar-refractivity contribution is -0.154. The fraction of sp³-hybridized carbons (Fsp3) is 0.621. The van der Waals surface area contributed by atoms with Crippen LogP contribution in [-0.4, -0.2) is 69.6 Å². The number of ether oxygens (including phenoxy) is 1. The Hall–Kier alpha value is -2.03. The first-order chi connectivity index (χ1) is 18.0. The van der Waals surface area contributed by atoms with E-state index in [9.17, 15) is 19.5 Å². The van der Waals surface area contributed by atoms with Crippen molar-refractivity contribution in [2.45, 2.75) is 69.5 Å². The number of carbonyl (C=O) groups excluding carboxylic acids is 3. The summed E-state index contributed by atoms with van der Waals surface area (Å²) < 4.78 is 4.63. The summed E-state index contributed by atoms with van der Waals surface area (Å²) in [5, 5.41) is 10.8. The molecule has 1 N–H and O–H groups in total. The SMILES string of the molecule is C=CCN(C(=O)C1N([C@@H](CO)CC(C)C)C(=O)[C@@H]2[C@H](C(=O)OCC)[C@@H]3CC(C)C12S3)c1c(C)cccc1Cl. The normalized spacial score (nSPS) is 30.5. The van der Waals surface area contributed by atoms with Crippen LogP contribution < -0.4 is 4.90 Å². The van der Waals surface area contributed by atoms with Crippen molar-refractivity contribution in [1.29, 1.82) is 0 Å². The van der Waals surface area contributed by atoms with Crippen molar-refractivity contribution in [3.63, 3.8) is 0 Å². The third-order valence-corrected chi connectivity index (χ3v) is 10.7. The van der Waals surface area contributed by atoms with Crippen molar-refractivity contribution in [3.8, 4) is 0 Å². The van der Waals surface area contributed by atoms with Crippen LogP contribution in [0, 0.1) is 30.6 Å². The lowest BCUT2D eigenvalue weighted by Crippen LogP contribution is -2.59. The maximum absolute atomic E-state index is 14.8. The van der Waals surface area contributed by atoms with Crippen LogP contribution in [0.4, 0.5) is 5.69 Å². The number of hydrogen-bond acceptors (Lipinski definition) is 6. The minimum atomic E-state index is -0.865. The number of nitrogens with zero attached hydrogens (tertiary/aromatic N) is 2. The second kappa shape index (κ2) is 11.2. The number of amides is 2. The molecular formula is C29H39ClN2O5S. The van der Waals surface area contributed by atoms with Crippen LogP contribution in [0.3, 0.4) is 0 Å². The van der Waals surface area contributed by atoms with E-state index in [1.807, 2.05) is 32.9 Å². The number of benzene rings is 1. The molecule has 3 heterocycles. The van der Waals surface area contributed by atoms with E-state index in [2.05, 4.69) is 13.5 Å². The van der Waals surface area contributed by atoms with Gasteiger partial charge in [-0.3, -0.25) is 14.4 Å². The molecule has 38 heavy (non-hydrogen) atoms. The molecule has 7 nitrogen and oxygen atoms in total. The first-order valence-electron chi connectivity index (χ1n) is 13.5. The third-order valence-electron chi connectivity index (χ3n) is 8.36. The summed E-state index contributed by atoms with van der Waals surface area (Å²) in [6.07, 6.45) is 2.91. The molecule has 9 heteroatoms. The van der Waals surface area contributed by atoms with Gasteiger partial charge in [0.2, 0.25) is 5.91 Å². The van der Waals surface area contributed by atoms with Crippen LogP contribution in [0.25, 0.3) is 0 Å². The largest absolute Gasteiger partial charge is 0.466 e. The number of hydrogen-bond donors (Lipinski definition) is 1. The number of para-hydroxylation sites is 1. The topological polar surface area (TPSA) is 87.2 Å². The Kier molecular flexibility index (Phi) is 8.55. The second-order valence-electron chi connectivity index (χ2n) is 11.2. The summed E-state index contributed by atoms with van der Waals surface area (Å²) in [7, 11) is 0. The van der Waals surface area contributed by atoms with Gasteiger partial charge >= 0.3 is 5.97 Å². The zero-order valence-corrected chi connectivity index (χ0v) is 24.4. The van der Waals surface area contributed by atoms with E-state index < -0.39 is 28.7 Å². The van der Waals surface area contributed by atoms with Crippen molar-refractivity contribution in [3.05, 3.63) is 41.4 Å². The van der Waals surface area contributed by atoms with Crippen LogP contribution in [0.1, 0.15) is 46.1 Å². The highest BCUT2D eigenvalue weighted by atomic mass is 35.5. The van der Waals surface area contributed by atoms with Crippen LogP contribution in [0.2, 0.25) is 5.02 Å². The molecule has 0 aliphatic carbocycles. The number of likely N-dealkylation sites (tertiary alicyclic amines) is 1. The van der Waals surface area contributed by atoms with Crippen molar-refractivity contribution < 1.29 is 24.2 Å². The minimum Gasteiger partial charge on any atom is -0.466 e. The average Bonchev–Trinajstić information content (AvgIpc) is 3.45. The second-order valence-corrected chi connectivity index (χ2v) is 13.1. The van der Waals surface area contributed by atoms with E-state index in [1.54, 1.807) is 40.6 Å². The monoisotopic (exact) mass is 562 g/mol. The maximum Gasteiger partial charge on any atom is 0.310 e. The quantitative estimate of drug-likeness (QED) is 0.334. The predicted molar refractivity (Wildman–Crippen MR) is 151 cm³/mol. The average molecular weight is 563 g/mol. The van der Waals surface area contributed by atoms with Crippen LogP contribution >= 0.6 is 23.4 Å². The molecule has 0 radical (unpaired) electrons. The maximum atomic E-state index is 14.8. The molecule has 2 bridgehead atoms. The van der Waals surface area contributed by atoms with Gasteiger partial charge in [0.15, 0.2) is 0 Å². The molecule has 1 aromatic carbocycles. The number of anilines is 1. The van der Waals surface area contributed by atoms with Crippen LogP contribution in [0.5, 0.6) is 0 Å².